The summed E-state index contributed by atoms with van der Waals surface area (Å²) in [7, 11) is 3.66. The zero-order valence-electron chi connectivity index (χ0n) is 10.5. The molecule has 0 aliphatic carbocycles. The monoisotopic (exact) mass is 286 g/mol. The topological polar surface area (TPSA) is 38.5 Å². The van der Waals surface area contributed by atoms with E-state index in [0.717, 1.165) is 27.0 Å². The van der Waals surface area contributed by atoms with Gasteiger partial charge in [-0.05, 0) is 37.5 Å². The molecule has 0 saturated heterocycles. The number of nitrogens with two attached hydrogens (primary N) is 1. The van der Waals surface area contributed by atoms with Crippen molar-refractivity contribution in [3.8, 4) is 5.75 Å². The van der Waals surface area contributed by atoms with Gasteiger partial charge in [-0.1, -0.05) is 15.9 Å². The van der Waals surface area contributed by atoms with Crippen molar-refractivity contribution < 1.29 is 4.74 Å². The number of anilines is 1. The molecule has 0 amide bonds. The maximum absolute atomic E-state index is 5.69. The number of ether oxygens (including phenoxy) is 1. The van der Waals surface area contributed by atoms with Gasteiger partial charge in [-0.25, -0.2) is 0 Å². The fourth-order valence-electron chi connectivity index (χ4n) is 1.87. The van der Waals surface area contributed by atoms with Gasteiger partial charge in [-0.15, -0.1) is 0 Å². The third-order valence-corrected chi connectivity index (χ3v) is 4.18. The van der Waals surface area contributed by atoms with E-state index in [1.165, 1.54) is 5.56 Å². The third kappa shape index (κ3) is 2.04. The van der Waals surface area contributed by atoms with E-state index >= 15 is 0 Å². The normalized spacial score (nSPS) is 10.4. The fourth-order valence-corrected chi connectivity index (χ4v) is 2.35. The average molecular weight is 287 g/mol. The van der Waals surface area contributed by atoms with Gasteiger partial charge >= 0.3 is 0 Å². The van der Waals surface area contributed by atoms with Crippen LogP contribution in [0.15, 0.2) is 4.47 Å². The molecule has 1 rings (SSSR count). The van der Waals surface area contributed by atoms with Crippen LogP contribution in [-0.4, -0.2) is 20.8 Å². The largest absolute Gasteiger partial charge is 0.494 e. The molecule has 0 atom stereocenters. The molecule has 0 aliphatic rings. The molecule has 1 aromatic carbocycles. The smallest absolute Gasteiger partial charge is 0.145 e. The second kappa shape index (κ2) is 5.06. The molecule has 0 radical (unpaired) electrons. The highest BCUT2D eigenvalue weighted by molar-refractivity contribution is 9.10. The molecule has 3 nitrogen and oxygen atoms in total. The number of halogens is 1. The third-order valence-electron chi connectivity index (χ3n) is 2.99. The minimum absolute atomic E-state index is 0.464. The second-order valence-corrected chi connectivity index (χ2v) is 4.74. The van der Waals surface area contributed by atoms with E-state index in [9.17, 15) is 0 Å². The fraction of sp³-hybridized carbons (Fsp3) is 0.500. The lowest BCUT2D eigenvalue weighted by Crippen LogP contribution is -2.26. The standard InChI is InChI=1S/C12H19BrN2O/c1-7-8(2)12(16-5)11(15(4)6-14)9(3)10(7)13/h6,14H2,1-5H3. The van der Waals surface area contributed by atoms with E-state index in [2.05, 4.69) is 36.7 Å². The van der Waals surface area contributed by atoms with Crippen molar-refractivity contribution in [3.05, 3.63) is 21.2 Å². The Morgan fingerprint density at radius 3 is 2.19 bits per heavy atom. The lowest BCUT2D eigenvalue weighted by Gasteiger charge is -2.25. The van der Waals surface area contributed by atoms with Crippen LogP contribution in [0.4, 0.5) is 5.69 Å². The van der Waals surface area contributed by atoms with Gasteiger partial charge in [0.25, 0.3) is 0 Å². The lowest BCUT2D eigenvalue weighted by atomic mass is 10.0. The van der Waals surface area contributed by atoms with Crippen molar-refractivity contribution in [2.24, 2.45) is 5.73 Å². The zero-order valence-corrected chi connectivity index (χ0v) is 12.1. The Bertz CT molecular complexity index is 405. The maximum atomic E-state index is 5.69. The van der Waals surface area contributed by atoms with Crippen molar-refractivity contribution in [1.29, 1.82) is 0 Å². The van der Waals surface area contributed by atoms with Gasteiger partial charge < -0.3 is 15.4 Å². The molecule has 0 aliphatic heterocycles. The molecule has 2 N–H and O–H groups in total. The summed E-state index contributed by atoms with van der Waals surface area (Å²) in [5.41, 5.74) is 10.3. The van der Waals surface area contributed by atoms with Gasteiger partial charge in [-0.3, -0.25) is 0 Å². The summed E-state index contributed by atoms with van der Waals surface area (Å²) in [5, 5.41) is 0. The van der Waals surface area contributed by atoms with Crippen molar-refractivity contribution in [2.45, 2.75) is 20.8 Å². The molecule has 0 bridgehead atoms. The van der Waals surface area contributed by atoms with E-state index in [1.54, 1.807) is 7.11 Å². The van der Waals surface area contributed by atoms with Crippen LogP contribution in [0.3, 0.4) is 0 Å². The number of rotatable bonds is 3. The number of hydrogen-bond donors (Lipinski definition) is 1. The molecule has 90 valence electrons. The molecule has 0 saturated carbocycles. The molecule has 4 heteroatoms. The van der Waals surface area contributed by atoms with Gasteiger partial charge in [0.1, 0.15) is 5.75 Å². The van der Waals surface area contributed by atoms with Crippen molar-refractivity contribution in [3.63, 3.8) is 0 Å². The Morgan fingerprint density at radius 1 is 1.19 bits per heavy atom. The summed E-state index contributed by atoms with van der Waals surface area (Å²) >= 11 is 3.62. The van der Waals surface area contributed by atoms with E-state index in [4.69, 9.17) is 10.5 Å². The zero-order chi connectivity index (χ0) is 12.5. The van der Waals surface area contributed by atoms with Gasteiger partial charge in [0, 0.05) is 11.5 Å². The molecule has 1 aromatic rings. The lowest BCUT2D eigenvalue weighted by molar-refractivity contribution is 0.411. The summed E-state index contributed by atoms with van der Waals surface area (Å²) in [6, 6.07) is 0. The summed E-state index contributed by atoms with van der Waals surface area (Å²) in [4.78, 5) is 1.99. The van der Waals surface area contributed by atoms with Gasteiger partial charge in [-0.2, -0.15) is 0 Å². The van der Waals surface area contributed by atoms with Crippen LogP contribution in [-0.2, 0) is 0 Å². The van der Waals surface area contributed by atoms with E-state index in [-0.39, 0.29) is 0 Å². The first-order chi connectivity index (χ1) is 7.45. The Morgan fingerprint density at radius 2 is 1.75 bits per heavy atom. The van der Waals surface area contributed by atoms with Crippen LogP contribution < -0.4 is 15.4 Å². The highest BCUT2D eigenvalue weighted by Crippen LogP contribution is 2.41. The molecule has 0 unspecified atom stereocenters. The van der Waals surface area contributed by atoms with Gasteiger partial charge in [0.2, 0.25) is 0 Å². The summed E-state index contributed by atoms with van der Waals surface area (Å²) < 4.78 is 6.62. The predicted octanol–water partition coefficient (Wildman–Crippen LogP) is 2.74. The van der Waals surface area contributed by atoms with Gasteiger partial charge in [0.15, 0.2) is 0 Å². The summed E-state index contributed by atoms with van der Waals surface area (Å²) in [6.45, 7) is 6.68. The molecular formula is C12H19BrN2O. The number of hydrogen-bond acceptors (Lipinski definition) is 3. The molecule has 0 heterocycles. The van der Waals surface area contributed by atoms with Gasteiger partial charge in [0.05, 0.1) is 19.5 Å². The average Bonchev–Trinajstić information content (AvgIpc) is 2.29. The quantitative estimate of drug-likeness (QED) is 0.869. The van der Waals surface area contributed by atoms with E-state index in [1.807, 2.05) is 11.9 Å². The Balaban J connectivity index is 3.57. The second-order valence-electron chi connectivity index (χ2n) is 3.95. The first-order valence-corrected chi connectivity index (χ1v) is 5.99. The Labute approximate surface area is 106 Å². The SMILES string of the molecule is COc1c(C)c(C)c(Br)c(C)c1N(C)CN. The highest BCUT2D eigenvalue weighted by Gasteiger charge is 2.18. The Hall–Kier alpha value is -0.740. The minimum Gasteiger partial charge on any atom is -0.494 e. The molecule has 0 aromatic heterocycles. The van der Waals surface area contributed by atoms with Crippen LogP contribution >= 0.6 is 15.9 Å². The number of benzene rings is 1. The summed E-state index contributed by atoms with van der Waals surface area (Å²) in [5.74, 6) is 0.908. The number of nitrogens with zero attached hydrogens (tertiary/aromatic N) is 1. The van der Waals surface area contributed by atoms with Crippen LogP contribution in [0.5, 0.6) is 5.75 Å². The maximum Gasteiger partial charge on any atom is 0.145 e. The van der Waals surface area contributed by atoms with Crippen LogP contribution in [0.25, 0.3) is 0 Å². The molecule has 0 fully saturated rings. The van der Waals surface area contributed by atoms with Crippen LogP contribution in [0, 0.1) is 20.8 Å². The minimum atomic E-state index is 0.464. The van der Waals surface area contributed by atoms with Crippen molar-refractivity contribution in [2.75, 3.05) is 25.7 Å². The highest BCUT2D eigenvalue weighted by atomic mass is 79.9. The number of methoxy groups -OCH3 is 1. The predicted molar refractivity (Wildman–Crippen MR) is 72.4 cm³/mol. The Kier molecular flexibility index (Phi) is 4.21. The van der Waals surface area contributed by atoms with Crippen LogP contribution in [0.2, 0.25) is 0 Å². The first-order valence-electron chi connectivity index (χ1n) is 5.20. The molecular weight excluding hydrogens is 268 g/mol. The molecule has 16 heavy (non-hydrogen) atoms. The van der Waals surface area contributed by atoms with Crippen LogP contribution in [0.1, 0.15) is 16.7 Å². The van der Waals surface area contributed by atoms with E-state index in [0.29, 0.717) is 6.67 Å². The summed E-state index contributed by atoms with van der Waals surface area (Å²) in [6.07, 6.45) is 0. The van der Waals surface area contributed by atoms with Crippen molar-refractivity contribution in [1.82, 2.24) is 0 Å². The van der Waals surface area contributed by atoms with E-state index < -0.39 is 0 Å². The first kappa shape index (κ1) is 13.3. The molecule has 0 spiro atoms. The van der Waals surface area contributed by atoms with Crippen molar-refractivity contribution >= 4 is 21.6 Å².